The number of methoxy groups -OCH3 is 1. The number of fused-ring (bicyclic) bond motifs is 1. The molecule has 7 nitrogen and oxygen atoms in total. The number of rotatable bonds is 13. The van der Waals surface area contributed by atoms with Gasteiger partial charge in [-0.3, -0.25) is 9.78 Å². The van der Waals surface area contributed by atoms with Crippen molar-refractivity contribution in [3.05, 3.63) is 54.7 Å². The van der Waals surface area contributed by atoms with Crippen LogP contribution in [0.4, 0.5) is 4.39 Å². The van der Waals surface area contributed by atoms with Gasteiger partial charge in [-0.15, -0.1) is 11.8 Å². The molecule has 3 heterocycles. The lowest BCUT2D eigenvalue weighted by Gasteiger charge is -2.39. The Bertz CT molecular complexity index is 1150. The second-order valence-corrected chi connectivity index (χ2v) is 10.8. The summed E-state index contributed by atoms with van der Waals surface area (Å²) in [5, 5.41) is 10.1. The largest absolute Gasteiger partial charge is 0.497 e. The molecule has 0 bridgehead atoms. The summed E-state index contributed by atoms with van der Waals surface area (Å²) < 4.78 is 20.9. The van der Waals surface area contributed by atoms with E-state index in [0.29, 0.717) is 30.1 Å². The molecule has 37 heavy (non-hydrogen) atoms. The van der Waals surface area contributed by atoms with Crippen LogP contribution in [0.2, 0.25) is 0 Å². The van der Waals surface area contributed by atoms with Crippen LogP contribution in [0.1, 0.15) is 50.3 Å². The van der Waals surface area contributed by atoms with Crippen LogP contribution >= 0.6 is 11.8 Å². The first-order chi connectivity index (χ1) is 18.0. The third-order valence-corrected chi connectivity index (χ3v) is 8.28. The highest BCUT2D eigenvalue weighted by Gasteiger charge is 2.30. The summed E-state index contributed by atoms with van der Waals surface area (Å²) in [5.74, 6) is 1.50. The van der Waals surface area contributed by atoms with E-state index in [1.54, 1.807) is 31.1 Å². The van der Waals surface area contributed by atoms with E-state index in [4.69, 9.17) is 4.74 Å². The van der Waals surface area contributed by atoms with Crippen molar-refractivity contribution in [2.75, 3.05) is 32.5 Å². The summed E-state index contributed by atoms with van der Waals surface area (Å²) in [4.78, 5) is 27.3. The Morgan fingerprint density at radius 3 is 2.86 bits per heavy atom. The van der Waals surface area contributed by atoms with Gasteiger partial charge in [0.2, 0.25) is 0 Å². The van der Waals surface area contributed by atoms with E-state index in [-0.39, 0.29) is 12.3 Å². The molecule has 1 saturated heterocycles. The van der Waals surface area contributed by atoms with Crippen LogP contribution in [0, 0.1) is 11.8 Å². The minimum Gasteiger partial charge on any atom is -0.497 e. The topological polar surface area (TPSA) is 88.4 Å². The molecular weight excluding hydrogens is 491 g/mol. The number of nitrogens with zero attached hydrogens (tertiary/aromatic N) is 4. The number of hydrogen-bond acceptors (Lipinski definition) is 7. The average molecular weight is 527 g/mol. The maximum atomic E-state index is 15.5. The minimum absolute atomic E-state index is 0.159. The predicted octanol–water partition coefficient (Wildman–Crippen LogP) is 5.81. The summed E-state index contributed by atoms with van der Waals surface area (Å²) in [5.41, 5.74) is 1.40. The number of benzene rings is 1. The van der Waals surface area contributed by atoms with Gasteiger partial charge < -0.3 is 14.7 Å². The zero-order chi connectivity index (χ0) is 26.0. The zero-order valence-corrected chi connectivity index (χ0v) is 22.1. The van der Waals surface area contributed by atoms with Gasteiger partial charge in [-0.1, -0.05) is 0 Å². The number of carbonyl (C=O) groups is 1. The van der Waals surface area contributed by atoms with Crippen LogP contribution in [-0.2, 0) is 4.79 Å². The smallest absolute Gasteiger partial charge is 0.303 e. The Hall–Kier alpha value is -2.78. The molecular formula is C28H35FN4O3S. The molecule has 198 valence electrons. The lowest BCUT2D eigenvalue weighted by molar-refractivity contribution is -0.137. The summed E-state index contributed by atoms with van der Waals surface area (Å²) in [6.45, 7) is 2.83. The van der Waals surface area contributed by atoms with Crippen LogP contribution in [0.5, 0.6) is 5.75 Å². The first-order valence-electron chi connectivity index (χ1n) is 12.9. The second-order valence-electron chi connectivity index (χ2n) is 9.65. The van der Waals surface area contributed by atoms with Gasteiger partial charge in [0.05, 0.1) is 12.6 Å². The number of thioether (sulfide) groups is 1. The number of aromatic nitrogens is 3. The van der Waals surface area contributed by atoms with E-state index < -0.39 is 12.1 Å². The van der Waals surface area contributed by atoms with Gasteiger partial charge in [-0.05, 0) is 92.6 Å². The molecule has 1 aliphatic heterocycles. The Morgan fingerprint density at radius 2 is 2.08 bits per heavy atom. The van der Waals surface area contributed by atoms with Gasteiger partial charge in [0.15, 0.2) is 0 Å². The van der Waals surface area contributed by atoms with Crippen molar-refractivity contribution >= 4 is 28.6 Å². The molecule has 0 saturated carbocycles. The Kier molecular flexibility index (Phi) is 10.1. The third kappa shape index (κ3) is 7.85. The zero-order valence-electron chi connectivity index (χ0n) is 21.3. The number of ether oxygens (including phenoxy) is 1. The highest BCUT2D eigenvalue weighted by Crippen LogP contribution is 2.36. The van der Waals surface area contributed by atoms with Crippen molar-refractivity contribution in [2.45, 2.75) is 49.6 Å². The normalized spacial score (nSPS) is 19.1. The Balaban J connectivity index is 1.32. The van der Waals surface area contributed by atoms with Crippen LogP contribution in [0.15, 0.2) is 54.1 Å². The number of halogens is 1. The number of likely N-dealkylation sites (tertiary alicyclic amines) is 1. The van der Waals surface area contributed by atoms with Crippen molar-refractivity contribution in [1.82, 2.24) is 19.9 Å². The van der Waals surface area contributed by atoms with Gasteiger partial charge in [0, 0.05) is 41.8 Å². The van der Waals surface area contributed by atoms with Crippen LogP contribution in [0.25, 0.3) is 10.9 Å². The molecule has 3 atom stereocenters. The van der Waals surface area contributed by atoms with E-state index >= 15 is 4.39 Å². The SMILES string of the molecule is COc1ccc2nccc([C@H](F)CC[C@@H]3CCN(CCCSc4cncnc4)C[C@H]3CCC(=O)O)c2c1. The molecule has 0 spiro atoms. The molecule has 3 aromatic rings. The molecule has 0 radical (unpaired) electrons. The van der Waals surface area contributed by atoms with Crippen LogP contribution in [0.3, 0.4) is 0 Å². The molecule has 0 amide bonds. The van der Waals surface area contributed by atoms with Crippen LogP contribution < -0.4 is 4.74 Å². The number of hydrogen-bond donors (Lipinski definition) is 1. The fourth-order valence-electron chi connectivity index (χ4n) is 5.28. The number of piperidine rings is 1. The lowest BCUT2D eigenvalue weighted by atomic mass is 9.79. The summed E-state index contributed by atoms with van der Waals surface area (Å²) >= 11 is 1.75. The van der Waals surface area contributed by atoms with Crippen molar-refractivity contribution < 1.29 is 19.0 Å². The fourth-order valence-corrected chi connectivity index (χ4v) is 6.06. The summed E-state index contributed by atoms with van der Waals surface area (Å²) in [6, 6.07) is 7.30. The van der Waals surface area contributed by atoms with Gasteiger partial charge in [-0.2, -0.15) is 0 Å². The molecule has 4 rings (SSSR count). The lowest BCUT2D eigenvalue weighted by Crippen LogP contribution is -2.41. The van der Waals surface area contributed by atoms with Crippen molar-refractivity contribution in [3.63, 3.8) is 0 Å². The molecule has 1 aromatic carbocycles. The first-order valence-corrected chi connectivity index (χ1v) is 13.9. The molecule has 1 fully saturated rings. The molecule has 9 heteroatoms. The van der Waals surface area contributed by atoms with Gasteiger partial charge in [-0.25, -0.2) is 14.4 Å². The maximum Gasteiger partial charge on any atom is 0.303 e. The maximum absolute atomic E-state index is 15.5. The number of pyridine rings is 1. The molecule has 0 aliphatic carbocycles. The van der Waals surface area contributed by atoms with Crippen molar-refractivity contribution in [2.24, 2.45) is 11.8 Å². The number of carboxylic acid groups (broad SMARTS) is 1. The first kappa shape index (κ1) is 27.3. The minimum atomic E-state index is -1.10. The van der Waals surface area contributed by atoms with E-state index in [2.05, 4.69) is 19.9 Å². The third-order valence-electron chi connectivity index (χ3n) is 7.24. The summed E-state index contributed by atoms with van der Waals surface area (Å²) in [6.07, 6.45) is 9.73. The van der Waals surface area contributed by atoms with Gasteiger partial charge in [0.1, 0.15) is 18.2 Å². The van der Waals surface area contributed by atoms with Gasteiger partial charge >= 0.3 is 5.97 Å². The molecule has 2 aromatic heterocycles. The Morgan fingerprint density at radius 1 is 1.24 bits per heavy atom. The van der Waals surface area contributed by atoms with Crippen LogP contribution in [-0.4, -0.2) is 63.4 Å². The van der Waals surface area contributed by atoms with Crippen molar-refractivity contribution in [3.8, 4) is 5.75 Å². The molecule has 1 aliphatic rings. The fraction of sp³-hybridized carbons (Fsp3) is 0.500. The second kappa shape index (κ2) is 13.7. The molecule has 0 unspecified atom stereocenters. The quantitative estimate of drug-likeness (QED) is 0.221. The van der Waals surface area contributed by atoms with E-state index in [0.717, 1.165) is 60.4 Å². The predicted molar refractivity (Wildman–Crippen MR) is 144 cm³/mol. The highest BCUT2D eigenvalue weighted by atomic mass is 32.2. The number of alkyl halides is 1. The monoisotopic (exact) mass is 526 g/mol. The van der Waals surface area contributed by atoms with Gasteiger partial charge in [0.25, 0.3) is 0 Å². The molecule has 1 N–H and O–H groups in total. The standard InChI is InChI=1S/C28H35FN4O3S/c1-36-22-5-7-27-25(15-22)24(9-11-32-27)26(29)6-3-20-10-13-33(18-21(20)4-8-28(34)35)12-2-14-37-23-16-30-19-31-17-23/h5,7,9,11,15-17,19-21,26H,2-4,6,8,10,12-14,18H2,1H3,(H,34,35)/t20-,21-,26-/m1/s1. The van der Waals surface area contributed by atoms with E-state index in [1.807, 2.05) is 30.6 Å². The van der Waals surface area contributed by atoms with E-state index in [1.165, 1.54) is 6.33 Å². The summed E-state index contributed by atoms with van der Waals surface area (Å²) in [7, 11) is 1.60. The number of aliphatic carboxylic acids is 1. The van der Waals surface area contributed by atoms with Crippen molar-refractivity contribution in [1.29, 1.82) is 0 Å². The number of carboxylic acids is 1. The highest BCUT2D eigenvalue weighted by molar-refractivity contribution is 7.99. The average Bonchev–Trinajstić information content (AvgIpc) is 2.93. The van der Waals surface area contributed by atoms with E-state index in [9.17, 15) is 9.90 Å². The Labute approximate surface area is 221 Å².